The van der Waals surface area contributed by atoms with Crippen molar-refractivity contribution in [3.63, 3.8) is 0 Å². The number of H-pyrrole nitrogens is 2. The molecule has 0 spiro atoms. The lowest BCUT2D eigenvalue weighted by Gasteiger charge is -2.36. The quantitative estimate of drug-likeness (QED) is 0.110. The first kappa shape index (κ1) is 47.3. The molecule has 23 heteroatoms. The van der Waals surface area contributed by atoms with Crippen molar-refractivity contribution in [1.29, 1.82) is 0 Å². The SMILES string of the molecule is O=C(c1ccc(Cl)c(Cl)c1)N1CCN(c2c([N+](=O)[O-])c(=O)[nH]c3ccc(Cl)cc23)CC1.O=C(c1ccc(Cl)c(Cl)c1)N1CCNCC1.O=c1[nH]c2ccc(Cl)cc2c(Cl)c1[N+](=O)[O-]. The van der Waals surface area contributed by atoms with E-state index in [2.05, 4.69) is 15.3 Å². The number of pyridine rings is 2. The number of fused-ring (bicyclic) bond motifs is 2. The number of hydrogen-bond donors (Lipinski definition) is 3. The second-order valence-electron chi connectivity index (χ2n) is 13.7. The van der Waals surface area contributed by atoms with E-state index in [0.717, 1.165) is 26.2 Å². The molecule has 0 aliphatic carbocycles. The molecule has 0 atom stereocenters. The van der Waals surface area contributed by atoms with Gasteiger partial charge in [0.25, 0.3) is 11.8 Å². The fourth-order valence-electron chi connectivity index (χ4n) is 6.73. The molecular weight excluding hydrogens is 969 g/mol. The average molecular weight is 1000 g/mol. The predicted molar refractivity (Wildman–Crippen MR) is 247 cm³/mol. The number of benzene rings is 4. The minimum absolute atomic E-state index is 0.0140. The van der Waals surface area contributed by atoms with Crippen molar-refractivity contribution in [3.8, 4) is 0 Å². The molecule has 6 aromatic rings. The number of nitro groups is 2. The molecule has 2 amide bonds. The summed E-state index contributed by atoms with van der Waals surface area (Å²) in [6.45, 7) is 4.38. The molecule has 328 valence electrons. The summed E-state index contributed by atoms with van der Waals surface area (Å²) in [5.41, 5.74) is -0.773. The maximum atomic E-state index is 12.8. The molecule has 2 aliphatic heterocycles. The number of carbonyl (C=O) groups excluding carboxylic acids is 2. The van der Waals surface area contributed by atoms with Gasteiger partial charge in [-0.1, -0.05) is 81.2 Å². The zero-order valence-corrected chi connectivity index (χ0v) is 37.5. The zero-order valence-electron chi connectivity index (χ0n) is 32.2. The van der Waals surface area contributed by atoms with Gasteiger partial charge in [0.05, 0.1) is 41.0 Å². The van der Waals surface area contributed by atoms with Crippen molar-refractivity contribution < 1.29 is 19.4 Å². The molecule has 4 heterocycles. The van der Waals surface area contributed by atoms with Crippen molar-refractivity contribution in [1.82, 2.24) is 25.1 Å². The molecular formula is C40H31Cl7N8O8. The van der Waals surface area contributed by atoms with Gasteiger partial charge in [-0.05, 0) is 72.8 Å². The van der Waals surface area contributed by atoms with Crippen molar-refractivity contribution in [3.05, 3.63) is 160 Å². The van der Waals surface area contributed by atoms with Crippen LogP contribution in [-0.4, -0.2) is 93.8 Å². The van der Waals surface area contributed by atoms with Crippen LogP contribution in [0.3, 0.4) is 0 Å². The normalized spacial score (nSPS) is 13.8. The van der Waals surface area contributed by atoms with Gasteiger partial charge in [0, 0.05) is 84.3 Å². The Morgan fingerprint density at radius 2 is 0.984 bits per heavy atom. The largest absolute Gasteiger partial charge is 0.362 e. The van der Waals surface area contributed by atoms with Crippen LogP contribution in [0.1, 0.15) is 20.7 Å². The van der Waals surface area contributed by atoms with Crippen LogP contribution < -0.4 is 21.3 Å². The van der Waals surface area contributed by atoms with Crippen LogP contribution in [0.4, 0.5) is 17.1 Å². The number of piperazine rings is 2. The van der Waals surface area contributed by atoms with E-state index in [9.17, 15) is 39.4 Å². The maximum absolute atomic E-state index is 12.8. The van der Waals surface area contributed by atoms with Gasteiger partial charge in [-0.3, -0.25) is 39.4 Å². The average Bonchev–Trinajstić information content (AvgIpc) is 3.25. The lowest BCUT2D eigenvalue weighted by atomic mass is 10.1. The molecule has 2 fully saturated rings. The third kappa shape index (κ3) is 11.0. The molecule has 0 saturated carbocycles. The fourth-order valence-corrected chi connectivity index (χ4v) is 7.98. The monoisotopic (exact) mass is 996 g/mol. The standard InChI is InChI=1S/C20H15Cl3N4O4.C11H12Cl2N2O.C9H4Cl2N2O3/c21-12-2-4-16-13(10-12)17(18(27(30)31)19(28)24-16)25-5-7-26(8-6-25)20(29)11-1-3-14(22)15(23)9-11;12-9-2-1-8(7-10(9)13)11(16)15-5-3-14-4-6-15;10-4-1-2-6-5(3-4)7(11)8(13(15)16)9(14)12-6/h1-4,9-10H,5-8H2,(H,24,28);1-2,7,14H,3-6H2;1-3H,(H,12,14). The second-order valence-corrected chi connectivity index (χ2v) is 16.6. The Bertz CT molecular complexity index is 2900. The molecule has 4 aromatic carbocycles. The Hall–Kier alpha value is -5.17. The van der Waals surface area contributed by atoms with Gasteiger partial charge in [0.1, 0.15) is 10.7 Å². The Kier molecular flexibility index (Phi) is 15.4. The second kappa shape index (κ2) is 20.6. The highest BCUT2D eigenvalue weighted by atomic mass is 35.5. The maximum Gasteiger partial charge on any atom is 0.357 e. The lowest BCUT2D eigenvalue weighted by Crippen LogP contribution is -2.49. The molecule has 0 bridgehead atoms. The van der Waals surface area contributed by atoms with E-state index in [1.54, 1.807) is 64.4 Å². The lowest BCUT2D eigenvalue weighted by molar-refractivity contribution is -0.386. The van der Waals surface area contributed by atoms with Crippen LogP contribution in [0.25, 0.3) is 21.8 Å². The Labute approximate surface area is 391 Å². The third-order valence-corrected chi connectivity index (χ3v) is 12.1. The summed E-state index contributed by atoms with van der Waals surface area (Å²) >= 11 is 41.3. The van der Waals surface area contributed by atoms with Gasteiger partial charge < -0.3 is 30.0 Å². The van der Waals surface area contributed by atoms with E-state index in [-0.39, 0.29) is 27.5 Å². The van der Waals surface area contributed by atoms with Crippen LogP contribution >= 0.6 is 81.2 Å². The molecule has 8 rings (SSSR count). The van der Waals surface area contributed by atoms with Gasteiger partial charge in [-0.25, -0.2) is 0 Å². The predicted octanol–water partition coefficient (Wildman–Crippen LogP) is 9.14. The summed E-state index contributed by atoms with van der Waals surface area (Å²) in [6, 6.07) is 19.0. The Morgan fingerprint density at radius 1 is 0.540 bits per heavy atom. The Morgan fingerprint density at radius 3 is 1.46 bits per heavy atom. The number of hydrogen-bond acceptors (Lipinski definition) is 10. The summed E-state index contributed by atoms with van der Waals surface area (Å²) in [6.07, 6.45) is 0. The number of carbonyl (C=O) groups is 2. The van der Waals surface area contributed by atoms with E-state index in [4.69, 9.17) is 81.2 Å². The van der Waals surface area contributed by atoms with Crippen molar-refractivity contribution in [2.75, 3.05) is 57.3 Å². The highest BCUT2D eigenvalue weighted by Gasteiger charge is 2.31. The van der Waals surface area contributed by atoms with Gasteiger partial charge in [-0.15, -0.1) is 0 Å². The number of nitrogens with one attached hydrogen (secondary N) is 3. The van der Waals surface area contributed by atoms with Crippen LogP contribution in [0.15, 0.2) is 82.4 Å². The van der Waals surface area contributed by atoms with Crippen LogP contribution in [0, 0.1) is 20.2 Å². The number of anilines is 1. The Balaban J connectivity index is 0.000000173. The number of rotatable bonds is 5. The first-order valence-corrected chi connectivity index (χ1v) is 21.2. The van der Waals surface area contributed by atoms with E-state index < -0.39 is 32.3 Å². The van der Waals surface area contributed by atoms with Crippen molar-refractivity contribution in [2.45, 2.75) is 0 Å². The van der Waals surface area contributed by atoms with E-state index in [1.807, 2.05) is 4.90 Å². The van der Waals surface area contributed by atoms with Gasteiger partial charge >= 0.3 is 22.5 Å². The molecule has 16 nitrogen and oxygen atoms in total. The van der Waals surface area contributed by atoms with Crippen LogP contribution in [0.2, 0.25) is 35.2 Å². The summed E-state index contributed by atoms with van der Waals surface area (Å²) in [7, 11) is 0. The number of nitrogens with zero attached hydrogens (tertiary/aromatic N) is 5. The summed E-state index contributed by atoms with van der Waals surface area (Å²) in [5, 5.41) is 28.4. The fraction of sp³-hybridized carbons (Fsp3) is 0.200. The first-order valence-electron chi connectivity index (χ1n) is 18.5. The highest BCUT2D eigenvalue weighted by molar-refractivity contribution is 6.43. The molecule has 63 heavy (non-hydrogen) atoms. The number of aromatic amines is 2. The van der Waals surface area contributed by atoms with E-state index in [0.29, 0.717) is 84.2 Å². The molecule has 0 radical (unpaired) electrons. The minimum atomic E-state index is -0.829. The molecule has 2 aliphatic rings. The van der Waals surface area contributed by atoms with E-state index >= 15 is 0 Å². The molecule has 3 N–H and O–H groups in total. The van der Waals surface area contributed by atoms with E-state index in [1.165, 1.54) is 18.2 Å². The van der Waals surface area contributed by atoms with Gasteiger partial charge in [-0.2, -0.15) is 0 Å². The third-order valence-electron chi connectivity index (χ3n) is 9.80. The summed E-state index contributed by atoms with van der Waals surface area (Å²) < 4.78 is 0. The van der Waals surface area contributed by atoms with Crippen molar-refractivity contribution in [2.24, 2.45) is 0 Å². The minimum Gasteiger partial charge on any atom is -0.362 e. The van der Waals surface area contributed by atoms with Crippen LogP contribution in [0.5, 0.6) is 0 Å². The molecule has 2 saturated heterocycles. The highest BCUT2D eigenvalue weighted by Crippen LogP contribution is 2.35. The number of halogens is 7. The van der Waals surface area contributed by atoms with Crippen LogP contribution in [-0.2, 0) is 0 Å². The number of aromatic nitrogens is 2. The van der Waals surface area contributed by atoms with Crippen molar-refractivity contribution >= 4 is 132 Å². The molecule has 0 unspecified atom stereocenters. The first-order chi connectivity index (χ1) is 29.9. The van der Waals surface area contributed by atoms with Gasteiger partial charge in [0.15, 0.2) is 0 Å². The zero-order chi connectivity index (χ0) is 45.7. The van der Waals surface area contributed by atoms with Gasteiger partial charge in [0.2, 0.25) is 0 Å². The topological polar surface area (TPSA) is 208 Å². The smallest absolute Gasteiger partial charge is 0.357 e. The number of amides is 2. The molecule has 2 aromatic heterocycles. The summed E-state index contributed by atoms with van der Waals surface area (Å²) in [4.78, 5) is 79.5. The summed E-state index contributed by atoms with van der Waals surface area (Å²) in [5.74, 6) is -0.202.